The molecule has 0 aliphatic rings. The fourth-order valence-corrected chi connectivity index (χ4v) is 1.40. The molecule has 0 aromatic heterocycles. The van der Waals surface area contributed by atoms with Crippen molar-refractivity contribution in [3.8, 4) is 0 Å². The molecule has 1 unspecified atom stereocenters. The zero-order chi connectivity index (χ0) is 12.4. The van der Waals surface area contributed by atoms with Crippen LogP contribution in [0.4, 0.5) is 0 Å². The van der Waals surface area contributed by atoms with Gasteiger partial charge in [0.15, 0.2) is 0 Å². The lowest BCUT2D eigenvalue weighted by Gasteiger charge is -2.12. The van der Waals surface area contributed by atoms with Gasteiger partial charge in [0.1, 0.15) is 0 Å². The van der Waals surface area contributed by atoms with Crippen molar-refractivity contribution in [2.45, 2.75) is 64.9 Å². The molecule has 0 aliphatic heterocycles. The van der Waals surface area contributed by atoms with Crippen LogP contribution in [0, 0.1) is 0 Å². The van der Waals surface area contributed by atoms with Crippen molar-refractivity contribution in [1.29, 1.82) is 0 Å². The number of unbranched alkanes of at least 4 members (excludes halogenated alkanes) is 2. The molecule has 0 heterocycles. The lowest BCUT2D eigenvalue weighted by molar-refractivity contribution is -0.148. The first-order valence-corrected chi connectivity index (χ1v) is 5.97. The fourth-order valence-electron chi connectivity index (χ4n) is 1.40. The molecule has 0 aliphatic carbocycles. The van der Waals surface area contributed by atoms with E-state index in [0.29, 0.717) is 19.3 Å². The standard InChI is InChI=1S/C12H22O4/c1-3-4-5-9-12(15)16-10(2)7-6-8-11(13)14/h10H,3-9H2,1-2H3,(H,13,14). The minimum Gasteiger partial charge on any atom is -0.481 e. The van der Waals surface area contributed by atoms with Gasteiger partial charge in [-0.1, -0.05) is 19.8 Å². The van der Waals surface area contributed by atoms with E-state index in [0.717, 1.165) is 19.3 Å². The van der Waals surface area contributed by atoms with E-state index in [1.807, 2.05) is 0 Å². The van der Waals surface area contributed by atoms with E-state index in [-0.39, 0.29) is 18.5 Å². The van der Waals surface area contributed by atoms with E-state index in [9.17, 15) is 9.59 Å². The number of ether oxygens (including phenoxy) is 1. The molecule has 0 aromatic carbocycles. The summed E-state index contributed by atoms with van der Waals surface area (Å²) in [5, 5.41) is 8.44. The summed E-state index contributed by atoms with van der Waals surface area (Å²) in [4.78, 5) is 21.6. The monoisotopic (exact) mass is 230 g/mol. The minimum atomic E-state index is -0.804. The average Bonchev–Trinajstić information content (AvgIpc) is 2.17. The number of carboxylic acids is 1. The molecule has 94 valence electrons. The van der Waals surface area contributed by atoms with E-state index in [2.05, 4.69) is 6.92 Å². The fraction of sp³-hybridized carbons (Fsp3) is 0.833. The Balaban J connectivity index is 3.50. The third-order valence-electron chi connectivity index (χ3n) is 2.32. The summed E-state index contributed by atoms with van der Waals surface area (Å²) in [6.45, 7) is 3.89. The van der Waals surface area contributed by atoms with Crippen LogP contribution in [0.25, 0.3) is 0 Å². The first kappa shape index (κ1) is 14.9. The van der Waals surface area contributed by atoms with E-state index in [4.69, 9.17) is 9.84 Å². The number of esters is 1. The van der Waals surface area contributed by atoms with Crippen molar-refractivity contribution in [2.75, 3.05) is 0 Å². The highest BCUT2D eigenvalue weighted by Gasteiger charge is 2.09. The zero-order valence-corrected chi connectivity index (χ0v) is 10.2. The average molecular weight is 230 g/mol. The number of carbonyl (C=O) groups excluding carboxylic acids is 1. The van der Waals surface area contributed by atoms with Gasteiger partial charge in [-0.3, -0.25) is 9.59 Å². The lowest BCUT2D eigenvalue weighted by Crippen LogP contribution is -2.15. The van der Waals surface area contributed by atoms with Gasteiger partial charge in [0.25, 0.3) is 0 Å². The maximum atomic E-state index is 11.3. The summed E-state index contributed by atoms with van der Waals surface area (Å²) in [5.74, 6) is -0.974. The third-order valence-corrected chi connectivity index (χ3v) is 2.32. The van der Waals surface area contributed by atoms with Crippen molar-refractivity contribution in [1.82, 2.24) is 0 Å². The molecule has 0 rings (SSSR count). The van der Waals surface area contributed by atoms with Gasteiger partial charge in [-0.05, 0) is 26.2 Å². The predicted octanol–water partition coefficient (Wildman–Crippen LogP) is 2.75. The zero-order valence-electron chi connectivity index (χ0n) is 10.2. The van der Waals surface area contributed by atoms with E-state index in [1.54, 1.807) is 6.92 Å². The minimum absolute atomic E-state index is 0.137. The largest absolute Gasteiger partial charge is 0.481 e. The predicted molar refractivity (Wildman–Crippen MR) is 61.2 cm³/mol. The first-order chi connectivity index (χ1) is 7.56. The number of hydrogen-bond acceptors (Lipinski definition) is 3. The maximum Gasteiger partial charge on any atom is 0.306 e. The highest BCUT2D eigenvalue weighted by atomic mass is 16.5. The Labute approximate surface area is 97.0 Å². The topological polar surface area (TPSA) is 63.6 Å². The molecule has 0 radical (unpaired) electrons. The summed E-state index contributed by atoms with van der Waals surface area (Å²) in [6.07, 6.45) is 4.61. The lowest BCUT2D eigenvalue weighted by atomic mass is 10.1. The van der Waals surface area contributed by atoms with E-state index < -0.39 is 5.97 Å². The van der Waals surface area contributed by atoms with Crippen LogP contribution in [0.2, 0.25) is 0 Å². The van der Waals surface area contributed by atoms with Gasteiger partial charge in [0, 0.05) is 12.8 Å². The molecule has 4 heteroatoms. The smallest absolute Gasteiger partial charge is 0.306 e. The molecule has 0 saturated carbocycles. The van der Waals surface area contributed by atoms with Crippen LogP contribution in [0.3, 0.4) is 0 Å². The van der Waals surface area contributed by atoms with Gasteiger partial charge in [0.05, 0.1) is 6.10 Å². The third kappa shape index (κ3) is 9.49. The Morgan fingerprint density at radius 2 is 1.88 bits per heavy atom. The number of carboxylic acid groups (broad SMARTS) is 1. The highest BCUT2D eigenvalue weighted by Crippen LogP contribution is 2.07. The number of rotatable bonds is 9. The van der Waals surface area contributed by atoms with Gasteiger partial charge in [-0.25, -0.2) is 0 Å². The molecule has 4 nitrogen and oxygen atoms in total. The molecule has 1 atom stereocenters. The van der Waals surface area contributed by atoms with Gasteiger partial charge in [-0.15, -0.1) is 0 Å². The van der Waals surface area contributed by atoms with Crippen LogP contribution in [0.5, 0.6) is 0 Å². The first-order valence-electron chi connectivity index (χ1n) is 5.97. The second kappa shape index (κ2) is 9.19. The van der Waals surface area contributed by atoms with Crippen LogP contribution in [-0.4, -0.2) is 23.1 Å². The highest BCUT2D eigenvalue weighted by molar-refractivity contribution is 5.69. The number of hydrogen-bond donors (Lipinski definition) is 1. The summed E-state index contributed by atoms with van der Waals surface area (Å²) < 4.78 is 5.15. The Morgan fingerprint density at radius 3 is 2.44 bits per heavy atom. The van der Waals surface area contributed by atoms with Crippen molar-refractivity contribution in [2.24, 2.45) is 0 Å². The summed E-state index contributed by atoms with van der Waals surface area (Å²) >= 11 is 0. The number of carbonyl (C=O) groups is 2. The molecular formula is C12H22O4. The van der Waals surface area contributed by atoms with Crippen molar-refractivity contribution in [3.63, 3.8) is 0 Å². The molecule has 0 fully saturated rings. The molecule has 0 saturated heterocycles. The molecule has 16 heavy (non-hydrogen) atoms. The van der Waals surface area contributed by atoms with Gasteiger partial charge in [-0.2, -0.15) is 0 Å². The van der Waals surface area contributed by atoms with Crippen LogP contribution in [0.1, 0.15) is 58.8 Å². The van der Waals surface area contributed by atoms with Gasteiger partial charge >= 0.3 is 11.9 Å². The SMILES string of the molecule is CCCCCC(=O)OC(C)CCCC(=O)O. The quantitative estimate of drug-likeness (QED) is 0.488. The molecule has 1 N–H and O–H groups in total. The molecule has 0 aromatic rings. The van der Waals surface area contributed by atoms with Crippen molar-refractivity contribution >= 4 is 11.9 Å². The van der Waals surface area contributed by atoms with Crippen molar-refractivity contribution < 1.29 is 19.4 Å². The second-order valence-corrected chi connectivity index (χ2v) is 4.04. The summed E-state index contributed by atoms with van der Waals surface area (Å²) in [6, 6.07) is 0. The van der Waals surface area contributed by atoms with Crippen LogP contribution >= 0.6 is 0 Å². The number of aliphatic carboxylic acids is 1. The van der Waals surface area contributed by atoms with Crippen molar-refractivity contribution in [3.05, 3.63) is 0 Å². The molecule has 0 amide bonds. The van der Waals surface area contributed by atoms with E-state index in [1.165, 1.54) is 0 Å². The van der Waals surface area contributed by atoms with Crippen LogP contribution in [0.15, 0.2) is 0 Å². The molecule has 0 bridgehead atoms. The van der Waals surface area contributed by atoms with Crippen LogP contribution < -0.4 is 0 Å². The Hall–Kier alpha value is -1.06. The van der Waals surface area contributed by atoms with Crippen LogP contribution in [-0.2, 0) is 14.3 Å². The van der Waals surface area contributed by atoms with Gasteiger partial charge in [0.2, 0.25) is 0 Å². The summed E-state index contributed by atoms with van der Waals surface area (Å²) in [7, 11) is 0. The maximum absolute atomic E-state index is 11.3. The Morgan fingerprint density at radius 1 is 1.19 bits per heavy atom. The normalized spacial score (nSPS) is 12.1. The molecule has 0 spiro atoms. The van der Waals surface area contributed by atoms with E-state index >= 15 is 0 Å². The molecular weight excluding hydrogens is 208 g/mol. The van der Waals surface area contributed by atoms with Gasteiger partial charge < -0.3 is 9.84 Å². The Bertz CT molecular complexity index is 213. The Kier molecular flexibility index (Phi) is 8.58. The second-order valence-electron chi connectivity index (χ2n) is 4.04. The summed E-state index contributed by atoms with van der Waals surface area (Å²) in [5.41, 5.74) is 0.